The number of piperidine rings is 1. The normalized spacial score (nSPS) is 16.4. The molecule has 3 aromatic rings. The lowest BCUT2D eigenvalue weighted by molar-refractivity contribution is -0.121. The van der Waals surface area contributed by atoms with Crippen molar-refractivity contribution in [3.8, 4) is 0 Å². The minimum Gasteiger partial charge on any atom is -0.336 e. The summed E-state index contributed by atoms with van der Waals surface area (Å²) in [6.45, 7) is 1.58. The van der Waals surface area contributed by atoms with E-state index in [9.17, 15) is 9.59 Å². The molecule has 29 heavy (non-hydrogen) atoms. The lowest BCUT2D eigenvalue weighted by Crippen LogP contribution is -2.43. The van der Waals surface area contributed by atoms with Crippen LogP contribution < -0.4 is 5.32 Å². The van der Waals surface area contributed by atoms with Crippen molar-refractivity contribution in [3.05, 3.63) is 78.1 Å². The zero-order chi connectivity index (χ0) is 20.1. The number of carbonyl (C=O) groups excluding carboxylic acids is 2. The lowest BCUT2D eigenvalue weighted by Gasteiger charge is -2.31. The Bertz CT molecular complexity index is 971. The number of rotatable bonds is 5. The van der Waals surface area contributed by atoms with Gasteiger partial charge in [0, 0.05) is 18.8 Å². The molecular weight excluding hydrogens is 366 g/mol. The van der Waals surface area contributed by atoms with Gasteiger partial charge in [-0.05, 0) is 30.5 Å². The Balaban J connectivity index is 1.38. The fourth-order valence-corrected chi connectivity index (χ4v) is 3.55. The summed E-state index contributed by atoms with van der Waals surface area (Å²) in [5.74, 6) is -0.463. The molecule has 1 atom stereocenters. The van der Waals surface area contributed by atoms with Gasteiger partial charge in [0.25, 0.3) is 5.91 Å². The van der Waals surface area contributed by atoms with Crippen molar-refractivity contribution in [3.63, 3.8) is 0 Å². The average Bonchev–Trinajstić information content (AvgIpc) is 3.23. The lowest BCUT2D eigenvalue weighted by atomic mass is 9.96. The number of carbonyl (C=O) groups is 2. The first kappa shape index (κ1) is 18.9. The minimum absolute atomic E-state index is 0.0542. The summed E-state index contributed by atoms with van der Waals surface area (Å²) in [6, 6.07) is 19.3. The van der Waals surface area contributed by atoms with Gasteiger partial charge >= 0.3 is 0 Å². The van der Waals surface area contributed by atoms with Gasteiger partial charge in [0.05, 0.1) is 18.7 Å². The fourth-order valence-electron chi connectivity index (χ4n) is 3.55. The zero-order valence-electron chi connectivity index (χ0n) is 16.1. The third kappa shape index (κ3) is 4.68. The number of benzene rings is 2. The van der Waals surface area contributed by atoms with E-state index in [-0.39, 0.29) is 17.7 Å². The monoisotopic (exact) mass is 389 g/mol. The Hall–Kier alpha value is -3.48. The van der Waals surface area contributed by atoms with Gasteiger partial charge in [-0.15, -0.1) is 5.10 Å². The third-order valence-corrected chi connectivity index (χ3v) is 5.07. The van der Waals surface area contributed by atoms with Gasteiger partial charge in [0.1, 0.15) is 0 Å². The highest BCUT2D eigenvalue weighted by Gasteiger charge is 2.30. The summed E-state index contributed by atoms with van der Waals surface area (Å²) in [4.78, 5) is 27.2. The predicted molar refractivity (Wildman–Crippen MR) is 109 cm³/mol. The second-order valence-corrected chi connectivity index (χ2v) is 7.23. The number of likely N-dealkylation sites (tertiary alicyclic amines) is 1. The van der Waals surface area contributed by atoms with Crippen LogP contribution in [0.5, 0.6) is 0 Å². The quantitative estimate of drug-likeness (QED) is 0.728. The highest BCUT2D eigenvalue weighted by atomic mass is 16.2. The molecule has 7 heteroatoms. The summed E-state index contributed by atoms with van der Waals surface area (Å²) in [5.41, 5.74) is 2.17. The summed E-state index contributed by atoms with van der Waals surface area (Å²) in [5, 5.41) is 11.1. The van der Waals surface area contributed by atoms with E-state index in [1.54, 1.807) is 15.8 Å². The first-order valence-corrected chi connectivity index (χ1v) is 9.78. The van der Waals surface area contributed by atoms with Crippen LogP contribution >= 0.6 is 0 Å². The van der Waals surface area contributed by atoms with E-state index in [2.05, 4.69) is 15.6 Å². The van der Waals surface area contributed by atoms with E-state index in [1.807, 2.05) is 60.7 Å². The number of hydrogen-bond acceptors (Lipinski definition) is 4. The molecule has 0 bridgehead atoms. The Kier molecular flexibility index (Phi) is 5.65. The van der Waals surface area contributed by atoms with E-state index in [0.717, 1.165) is 24.1 Å². The van der Waals surface area contributed by atoms with Crippen molar-refractivity contribution in [1.29, 1.82) is 0 Å². The molecule has 1 unspecified atom stereocenters. The number of hydrogen-bond donors (Lipinski definition) is 1. The van der Waals surface area contributed by atoms with Crippen molar-refractivity contribution < 1.29 is 9.59 Å². The maximum atomic E-state index is 12.9. The summed E-state index contributed by atoms with van der Waals surface area (Å²) < 4.78 is 1.66. The Morgan fingerprint density at radius 2 is 1.76 bits per heavy atom. The van der Waals surface area contributed by atoms with Gasteiger partial charge < -0.3 is 10.2 Å². The molecule has 1 fully saturated rings. The first-order valence-electron chi connectivity index (χ1n) is 9.78. The van der Waals surface area contributed by atoms with Gasteiger partial charge in [0.15, 0.2) is 5.69 Å². The van der Waals surface area contributed by atoms with E-state index in [4.69, 9.17) is 0 Å². The number of aromatic nitrogens is 3. The van der Waals surface area contributed by atoms with Gasteiger partial charge in [-0.2, -0.15) is 0 Å². The Morgan fingerprint density at radius 1 is 1.03 bits per heavy atom. The van der Waals surface area contributed by atoms with Crippen molar-refractivity contribution in [1.82, 2.24) is 19.9 Å². The smallest absolute Gasteiger partial charge is 0.276 e. The highest BCUT2D eigenvalue weighted by molar-refractivity contribution is 5.95. The van der Waals surface area contributed by atoms with E-state index in [0.29, 0.717) is 25.3 Å². The molecule has 1 aromatic heterocycles. The molecule has 2 heterocycles. The van der Waals surface area contributed by atoms with Gasteiger partial charge in [-0.3, -0.25) is 9.59 Å². The van der Waals surface area contributed by atoms with Crippen LogP contribution in [0.3, 0.4) is 0 Å². The summed E-state index contributed by atoms with van der Waals surface area (Å²) in [7, 11) is 0. The Morgan fingerprint density at radius 3 is 2.52 bits per heavy atom. The van der Waals surface area contributed by atoms with Crippen molar-refractivity contribution >= 4 is 17.5 Å². The highest BCUT2D eigenvalue weighted by Crippen LogP contribution is 2.20. The van der Waals surface area contributed by atoms with Crippen molar-refractivity contribution in [2.45, 2.75) is 19.4 Å². The van der Waals surface area contributed by atoms with Crippen LogP contribution in [0, 0.1) is 5.92 Å². The third-order valence-electron chi connectivity index (χ3n) is 5.07. The summed E-state index contributed by atoms with van der Waals surface area (Å²) in [6.07, 6.45) is 3.23. The standard InChI is InChI=1S/C22H23N5O2/c28-21(23-19-11-5-2-6-12-19)18-10-7-13-26(15-18)22(29)20-16-27(25-24-20)14-17-8-3-1-4-9-17/h1-6,8-9,11-12,16,18H,7,10,13-15H2,(H,23,28). The van der Waals surface area contributed by atoms with Gasteiger partial charge in [-0.1, -0.05) is 53.7 Å². The fraction of sp³-hybridized carbons (Fsp3) is 0.273. The van der Waals surface area contributed by atoms with Crippen molar-refractivity contribution in [2.24, 2.45) is 5.92 Å². The zero-order valence-corrected chi connectivity index (χ0v) is 16.1. The second-order valence-electron chi connectivity index (χ2n) is 7.23. The molecule has 0 aliphatic carbocycles. The van der Waals surface area contributed by atoms with Crippen LogP contribution in [0.25, 0.3) is 0 Å². The van der Waals surface area contributed by atoms with E-state index in [1.165, 1.54) is 0 Å². The van der Waals surface area contributed by atoms with Crippen LogP contribution in [-0.2, 0) is 11.3 Å². The summed E-state index contributed by atoms with van der Waals surface area (Å²) >= 11 is 0. The predicted octanol–water partition coefficient (Wildman–Crippen LogP) is 2.82. The first-order chi connectivity index (χ1) is 14.2. The maximum absolute atomic E-state index is 12.9. The number of para-hydroxylation sites is 1. The second kappa shape index (κ2) is 8.68. The van der Waals surface area contributed by atoms with E-state index < -0.39 is 0 Å². The van der Waals surface area contributed by atoms with Gasteiger partial charge in [-0.25, -0.2) is 4.68 Å². The molecule has 0 radical (unpaired) electrons. The molecule has 148 valence electrons. The van der Waals surface area contributed by atoms with Crippen LogP contribution in [0.2, 0.25) is 0 Å². The molecule has 4 rings (SSSR count). The molecule has 1 aliphatic rings. The van der Waals surface area contributed by atoms with Crippen LogP contribution in [0.15, 0.2) is 66.9 Å². The molecule has 2 amide bonds. The van der Waals surface area contributed by atoms with E-state index >= 15 is 0 Å². The SMILES string of the molecule is O=C(Nc1ccccc1)C1CCCN(C(=O)c2cn(Cc3ccccc3)nn2)C1. The Labute approximate surface area is 169 Å². The molecule has 7 nitrogen and oxygen atoms in total. The van der Waals surface area contributed by atoms with Gasteiger partial charge in [0.2, 0.25) is 5.91 Å². The molecule has 0 saturated carbocycles. The average molecular weight is 389 g/mol. The molecular formula is C22H23N5O2. The largest absolute Gasteiger partial charge is 0.336 e. The molecule has 1 saturated heterocycles. The number of anilines is 1. The topological polar surface area (TPSA) is 80.1 Å². The minimum atomic E-state index is -0.229. The van der Waals surface area contributed by atoms with Crippen LogP contribution in [0.1, 0.15) is 28.9 Å². The maximum Gasteiger partial charge on any atom is 0.276 e. The number of nitrogens with zero attached hydrogens (tertiary/aromatic N) is 4. The molecule has 2 aromatic carbocycles. The van der Waals surface area contributed by atoms with Crippen LogP contribution in [-0.4, -0.2) is 44.8 Å². The number of amides is 2. The van der Waals surface area contributed by atoms with Crippen LogP contribution in [0.4, 0.5) is 5.69 Å². The molecule has 1 aliphatic heterocycles. The molecule has 0 spiro atoms. The van der Waals surface area contributed by atoms with Crippen molar-refractivity contribution in [2.75, 3.05) is 18.4 Å². The molecule has 1 N–H and O–H groups in total. The number of nitrogens with one attached hydrogen (secondary N) is 1.